The molecule has 4 nitrogen and oxygen atoms in total. The van der Waals surface area contributed by atoms with Gasteiger partial charge in [-0.05, 0) is 43.0 Å². The first-order valence-electron chi connectivity index (χ1n) is 6.72. The zero-order valence-electron chi connectivity index (χ0n) is 11.1. The van der Waals surface area contributed by atoms with Gasteiger partial charge in [0, 0.05) is 29.0 Å². The van der Waals surface area contributed by atoms with Gasteiger partial charge in [-0.3, -0.25) is 4.98 Å². The summed E-state index contributed by atoms with van der Waals surface area (Å²) in [6, 6.07) is 5.65. The van der Waals surface area contributed by atoms with Crippen molar-refractivity contribution in [2.75, 3.05) is 0 Å². The predicted molar refractivity (Wildman–Crippen MR) is 78.1 cm³/mol. The second kappa shape index (κ2) is 5.73. The minimum absolute atomic E-state index is 0.225. The van der Waals surface area contributed by atoms with E-state index in [2.05, 4.69) is 16.4 Å². The molecule has 5 heteroatoms. The summed E-state index contributed by atoms with van der Waals surface area (Å²) in [6.45, 7) is 1.50. The topological polar surface area (TPSA) is 62.2 Å². The second-order valence-electron chi connectivity index (χ2n) is 4.96. The molecule has 2 N–H and O–H groups in total. The van der Waals surface area contributed by atoms with E-state index in [1.807, 2.05) is 11.3 Å². The van der Waals surface area contributed by atoms with Gasteiger partial charge in [-0.15, -0.1) is 11.3 Å². The van der Waals surface area contributed by atoms with Crippen molar-refractivity contribution in [3.8, 4) is 0 Å². The van der Waals surface area contributed by atoms with Gasteiger partial charge >= 0.3 is 5.97 Å². The molecule has 0 aliphatic heterocycles. The van der Waals surface area contributed by atoms with Crippen molar-refractivity contribution in [2.45, 2.75) is 32.4 Å². The van der Waals surface area contributed by atoms with E-state index in [1.54, 1.807) is 17.0 Å². The molecule has 0 radical (unpaired) electrons. The summed E-state index contributed by atoms with van der Waals surface area (Å²) in [5, 5.41) is 12.2. The van der Waals surface area contributed by atoms with Gasteiger partial charge in [0.1, 0.15) is 0 Å². The zero-order chi connectivity index (χ0) is 13.9. The van der Waals surface area contributed by atoms with Crippen molar-refractivity contribution in [1.29, 1.82) is 0 Å². The highest BCUT2D eigenvalue weighted by Gasteiger charge is 2.14. The fourth-order valence-corrected chi connectivity index (χ4v) is 3.68. The van der Waals surface area contributed by atoms with Crippen LogP contribution in [0.2, 0.25) is 0 Å². The Hall–Kier alpha value is -1.72. The minimum Gasteiger partial charge on any atom is -0.478 e. The normalized spacial score (nSPS) is 13.4. The molecule has 1 aliphatic carbocycles. The molecule has 3 rings (SSSR count). The summed E-state index contributed by atoms with van der Waals surface area (Å²) < 4.78 is 0. The van der Waals surface area contributed by atoms with Crippen LogP contribution in [0.4, 0.5) is 0 Å². The van der Waals surface area contributed by atoms with Crippen molar-refractivity contribution in [1.82, 2.24) is 10.3 Å². The Morgan fingerprint density at radius 3 is 2.95 bits per heavy atom. The van der Waals surface area contributed by atoms with Crippen molar-refractivity contribution >= 4 is 17.3 Å². The molecule has 104 valence electrons. The van der Waals surface area contributed by atoms with Crippen LogP contribution in [0.15, 0.2) is 24.4 Å². The minimum atomic E-state index is -0.940. The number of hydrogen-bond donors (Lipinski definition) is 2. The Morgan fingerprint density at radius 1 is 1.35 bits per heavy atom. The van der Waals surface area contributed by atoms with Gasteiger partial charge < -0.3 is 10.4 Å². The van der Waals surface area contributed by atoms with Crippen LogP contribution in [0.1, 0.15) is 37.8 Å². The summed E-state index contributed by atoms with van der Waals surface area (Å²) in [5.74, 6) is -0.940. The van der Waals surface area contributed by atoms with Gasteiger partial charge in [-0.25, -0.2) is 4.79 Å². The number of nitrogens with one attached hydrogen (secondary N) is 1. The third-order valence-electron chi connectivity index (χ3n) is 3.47. The van der Waals surface area contributed by atoms with Crippen LogP contribution in [0.3, 0.4) is 0 Å². The van der Waals surface area contributed by atoms with E-state index < -0.39 is 5.97 Å². The van der Waals surface area contributed by atoms with Crippen LogP contribution in [0.25, 0.3) is 0 Å². The smallest absolute Gasteiger partial charge is 0.337 e. The molecule has 2 heterocycles. The molecule has 0 aromatic carbocycles. The fraction of sp³-hybridized carbons (Fsp3) is 0.333. The van der Waals surface area contributed by atoms with Crippen LogP contribution in [-0.2, 0) is 25.9 Å². The highest BCUT2D eigenvalue weighted by Crippen LogP contribution is 2.30. The number of hydrogen-bond acceptors (Lipinski definition) is 4. The summed E-state index contributed by atoms with van der Waals surface area (Å²) in [4.78, 5) is 17.8. The van der Waals surface area contributed by atoms with E-state index in [-0.39, 0.29) is 5.56 Å². The number of rotatable bonds is 5. The van der Waals surface area contributed by atoms with E-state index in [0.717, 1.165) is 12.2 Å². The van der Waals surface area contributed by atoms with Crippen LogP contribution in [0, 0.1) is 0 Å². The van der Waals surface area contributed by atoms with Crippen molar-refractivity contribution in [2.24, 2.45) is 0 Å². The van der Waals surface area contributed by atoms with Crippen LogP contribution in [-0.4, -0.2) is 16.1 Å². The van der Waals surface area contributed by atoms with Gasteiger partial charge in [0.05, 0.1) is 11.3 Å². The van der Waals surface area contributed by atoms with Crippen LogP contribution in [0.5, 0.6) is 0 Å². The van der Waals surface area contributed by atoms with E-state index in [1.165, 1.54) is 35.9 Å². The average molecular weight is 288 g/mol. The molecule has 2 aromatic rings. The van der Waals surface area contributed by atoms with E-state index in [0.29, 0.717) is 6.54 Å². The zero-order valence-corrected chi connectivity index (χ0v) is 11.9. The maximum absolute atomic E-state index is 10.7. The monoisotopic (exact) mass is 288 g/mol. The molecule has 0 saturated heterocycles. The summed E-state index contributed by atoms with van der Waals surface area (Å²) in [5.41, 5.74) is 2.61. The summed E-state index contributed by atoms with van der Waals surface area (Å²) >= 11 is 1.90. The Bertz CT molecular complexity index is 598. The number of pyridine rings is 1. The lowest BCUT2D eigenvalue weighted by molar-refractivity contribution is 0.0696. The molecule has 0 spiro atoms. The summed E-state index contributed by atoms with van der Waals surface area (Å²) in [6.07, 6.45) is 5.16. The number of carboxylic acids is 1. The molecule has 0 saturated carbocycles. The maximum atomic E-state index is 10.7. The summed E-state index contributed by atoms with van der Waals surface area (Å²) in [7, 11) is 0. The van der Waals surface area contributed by atoms with Crippen LogP contribution >= 0.6 is 11.3 Å². The Morgan fingerprint density at radius 2 is 2.25 bits per heavy atom. The van der Waals surface area contributed by atoms with Gasteiger partial charge in [0.25, 0.3) is 0 Å². The van der Waals surface area contributed by atoms with Crippen molar-refractivity contribution in [3.05, 3.63) is 51.0 Å². The Balaban J connectivity index is 1.53. The number of carbonyl (C=O) groups is 1. The molecule has 20 heavy (non-hydrogen) atoms. The molecule has 0 amide bonds. The molecule has 1 aliphatic rings. The maximum Gasteiger partial charge on any atom is 0.337 e. The van der Waals surface area contributed by atoms with E-state index >= 15 is 0 Å². The first-order valence-corrected chi connectivity index (χ1v) is 7.53. The van der Waals surface area contributed by atoms with Crippen molar-refractivity contribution in [3.63, 3.8) is 0 Å². The number of aromatic nitrogens is 1. The number of carboxylic acid groups (broad SMARTS) is 1. The van der Waals surface area contributed by atoms with E-state index in [9.17, 15) is 4.79 Å². The molecule has 0 fully saturated rings. The number of thiophene rings is 1. The lowest BCUT2D eigenvalue weighted by Crippen LogP contribution is -2.13. The van der Waals surface area contributed by atoms with Gasteiger partial charge in [0.2, 0.25) is 0 Å². The van der Waals surface area contributed by atoms with E-state index in [4.69, 9.17) is 5.11 Å². The quantitative estimate of drug-likeness (QED) is 0.888. The predicted octanol–water partition coefficient (Wildman–Crippen LogP) is 2.62. The third kappa shape index (κ3) is 2.89. The highest BCUT2D eigenvalue weighted by atomic mass is 32.1. The largest absolute Gasteiger partial charge is 0.478 e. The fourth-order valence-electron chi connectivity index (χ4n) is 2.45. The average Bonchev–Trinajstić information content (AvgIpc) is 3.00. The molecular weight excluding hydrogens is 272 g/mol. The molecule has 0 bridgehead atoms. The molecule has 2 aromatic heterocycles. The molecule has 0 atom stereocenters. The van der Waals surface area contributed by atoms with Gasteiger partial charge in [-0.2, -0.15) is 0 Å². The number of nitrogens with zero attached hydrogens (tertiary/aromatic N) is 1. The molecule has 0 unspecified atom stereocenters. The number of fused-ring (bicyclic) bond motifs is 1. The standard InChI is InChI=1S/C15H16N2O2S/c18-15(19)11-4-5-12(17-7-11)8-16-9-13-6-10-2-1-3-14(10)20-13/h4-7,16H,1-3,8-9H2,(H,18,19). The first kappa shape index (κ1) is 13.3. The second-order valence-corrected chi connectivity index (χ2v) is 6.18. The third-order valence-corrected chi connectivity index (χ3v) is 4.71. The SMILES string of the molecule is O=C(O)c1ccc(CNCc2cc3c(s2)CCC3)nc1. The lowest BCUT2D eigenvalue weighted by atomic mass is 10.2. The highest BCUT2D eigenvalue weighted by molar-refractivity contribution is 7.12. The Labute approximate surface area is 121 Å². The molecular formula is C15H16N2O2S. The lowest BCUT2D eigenvalue weighted by Gasteiger charge is -2.03. The van der Waals surface area contributed by atoms with Crippen molar-refractivity contribution < 1.29 is 9.90 Å². The Kier molecular flexibility index (Phi) is 3.80. The van der Waals surface area contributed by atoms with Gasteiger partial charge in [0.15, 0.2) is 0 Å². The van der Waals surface area contributed by atoms with Gasteiger partial charge in [-0.1, -0.05) is 0 Å². The van der Waals surface area contributed by atoms with Crippen LogP contribution < -0.4 is 5.32 Å². The number of aryl methyl sites for hydroxylation is 2. The number of aromatic carboxylic acids is 1. The first-order chi connectivity index (χ1) is 9.72.